The second-order valence-corrected chi connectivity index (χ2v) is 5.21. The van der Waals surface area contributed by atoms with Crippen LogP contribution in [-0.2, 0) is 0 Å². The van der Waals surface area contributed by atoms with Gasteiger partial charge in [0.25, 0.3) is 0 Å². The first-order valence-corrected chi connectivity index (χ1v) is 6.75. The topological polar surface area (TPSA) is 12.0 Å². The molecule has 0 radical (unpaired) electrons. The van der Waals surface area contributed by atoms with Crippen LogP contribution < -0.4 is 5.32 Å². The van der Waals surface area contributed by atoms with Gasteiger partial charge >= 0.3 is 0 Å². The highest BCUT2D eigenvalue weighted by molar-refractivity contribution is 5.35. The molecule has 0 bridgehead atoms. The third-order valence-electron chi connectivity index (χ3n) is 3.50. The molecule has 0 saturated carbocycles. The van der Waals surface area contributed by atoms with Crippen LogP contribution >= 0.6 is 0 Å². The van der Waals surface area contributed by atoms with Gasteiger partial charge < -0.3 is 5.32 Å². The van der Waals surface area contributed by atoms with E-state index in [-0.39, 0.29) is 6.04 Å². The highest BCUT2D eigenvalue weighted by Crippen LogP contribution is 2.26. The summed E-state index contributed by atoms with van der Waals surface area (Å²) >= 11 is 0. The zero-order chi connectivity index (χ0) is 14.7. The van der Waals surface area contributed by atoms with Crippen LogP contribution in [0.3, 0.4) is 0 Å². The van der Waals surface area contributed by atoms with E-state index in [0.29, 0.717) is 11.5 Å². The summed E-state index contributed by atoms with van der Waals surface area (Å²) in [4.78, 5) is 0. The molecule has 0 saturated heterocycles. The Morgan fingerprint density at radius 1 is 0.900 bits per heavy atom. The zero-order valence-electron chi connectivity index (χ0n) is 12.0. The van der Waals surface area contributed by atoms with Crippen LogP contribution in [-0.4, -0.2) is 7.05 Å². The fraction of sp³-hybridized carbons (Fsp3) is 0.294. The lowest BCUT2D eigenvalue weighted by Gasteiger charge is -2.19. The number of hydrogen-bond acceptors (Lipinski definition) is 1. The Labute approximate surface area is 118 Å². The van der Waals surface area contributed by atoms with Gasteiger partial charge in [-0.2, -0.15) is 0 Å². The monoisotopic (exact) mass is 275 g/mol. The molecule has 2 aromatic carbocycles. The van der Waals surface area contributed by atoms with Crippen molar-refractivity contribution in [3.8, 4) is 0 Å². The van der Waals surface area contributed by atoms with Gasteiger partial charge in [-0.05, 0) is 30.2 Å². The Hall–Kier alpha value is -1.74. The fourth-order valence-corrected chi connectivity index (χ4v) is 2.31. The van der Waals surface area contributed by atoms with Crippen molar-refractivity contribution in [2.75, 3.05) is 7.05 Å². The van der Waals surface area contributed by atoms with Crippen molar-refractivity contribution < 1.29 is 8.78 Å². The summed E-state index contributed by atoms with van der Waals surface area (Å²) in [6, 6.07) is 11.5. The maximum absolute atomic E-state index is 13.9. The first kappa shape index (κ1) is 14.7. The standard InChI is InChI=1S/C17H19F2N/c1-11(2)12-4-6-13(7-5-12)17(20-3)15-9-8-14(18)10-16(15)19/h4-11,17,20H,1-3H3. The predicted molar refractivity (Wildman–Crippen MR) is 77.8 cm³/mol. The van der Waals surface area contributed by atoms with E-state index in [1.54, 1.807) is 7.05 Å². The van der Waals surface area contributed by atoms with Gasteiger partial charge in [0, 0.05) is 11.6 Å². The van der Waals surface area contributed by atoms with Crippen molar-refractivity contribution in [3.05, 3.63) is 70.8 Å². The highest BCUT2D eigenvalue weighted by atomic mass is 19.1. The van der Waals surface area contributed by atoms with Crippen LogP contribution in [0.5, 0.6) is 0 Å². The van der Waals surface area contributed by atoms with Gasteiger partial charge in [0.05, 0.1) is 6.04 Å². The Bertz CT molecular complexity index is 576. The third-order valence-corrected chi connectivity index (χ3v) is 3.50. The quantitative estimate of drug-likeness (QED) is 0.872. The van der Waals surface area contributed by atoms with Crippen molar-refractivity contribution in [2.45, 2.75) is 25.8 Å². The lowest BCUT2D eigenvalue weighted by molar-refractivity contribution is 0.551. The minimum absolute atomic E-state index is 0.281. The maximum Gasteiger partial charge on any atom is 0.131 e. The van der Waals surface area contributed by atoms with Crippen molar-refractivity contribution in [2.24, 2.45) is 0 Å². The molecule has 0 aliphatic carbocycles. The molecule has 0 aliphatic rings. The lowest BCUT2D eigenvalue weighted by Crippen LogP contribution is -2.19. The second-order valence-electron chi connectivity index (χ2n) is 5.21. The van der Waals surface area contributed by atoms with Gasteiger partial charge in [-0.15, -0.1) is 0 Å². The van der Waals surface area contributed by atoms with Crippen molar-refractivity contribution in [1.82, 2.24) is 5.32 Å². The van der Waals surface area contributed by atoms with Gasteiger partial charge in [0.15, 0.2) is 0 Å². The van der Waals surface area contributed by atoms with Crippen LogP contribution in [0.1, 0.15) is 42.5 Å². The van der Waals surface area contributed by atoms with Gasteiger partial charge in [-0.3, -0.25) is 0 Å². The summed E-state index contributed by atoms with van der Waals surface area (Å²) in [6.07, 6.45) is 0. The second kappa shape index (κ2) is 6.14. The molecule has 1 atom stereocenters. The highest BCUT2D eigenvalue weighted by Gasteiger charge is 2.16. The molecule has 2 rings (SSSR count). The number of halogens is 2. The van der Waals surface area contributed by atoms with E-state index in [2.05, 4.69) is 19.2 Å². The summed E-state index contributed by atoms with van der Waals surface area (Å²) in [5.74, 6) is -0.631. The summed E-state index contributed by atoms with van der Waals surface area (Å²) in [6.45, 7) is 4.26. The van der Waals surface area contributed by atoms with Crippen LogP contribution in [0.15, 0.2) is 42.5 Å². The van der Waals surface area contributed by atoms with E-state index in [0.717, 1.165) is 11.6 Å². The van der Waals surface area contributed by atoms with Crippen molar-refractivity contribution >= 4 is 0 Å². The molecular weight excluding hydrogens is 256 g/mol. The van der Waals surface area contributed by atoms with Gasteiger partial charge in [-0.1, -0.05) is 44.2 Å². The molecule has 1 N–H and O–H groups in total. The summed E-state index contributed by atoms with van der Waals surface area (Å²) < 4.78 is 26.9. The lowest BCUT2D eigenvalue weighted by atomic mass is 9.95. The molecule has 0 aliphatic heterocycles. The molecular formula is C17H19F2N. The van der Waals surface area contributed by atoms with E-state index in [1.165, 1.54) is 17.7 Å². The van der Waals surface area contributed by atoms with E-state index < -0.39 is 11.6 Å². The van der Waals surface area contributed by atoms with E-state index in [4.69, 9.17) is 0 Å². The average molecular weight is 275 g/mol. The Kier molecular flexibility index (Phi) is 4.50. The molecule has 106 valence electrons. The molecule has 1 nitrogen and oxygen atoms in total. The molecule has 0 fully saturated rings. The molecule has 20 heavy (non-hydrogen) atoms. The van der Waals surface area contributed by atoms with E-state index in [9.17, 15) is 8.78 Å². The minimum Gasteiger partial charge on any atom is -0.309 e. The van der Waals surface area contributed by atoms with Crippen molar-refractivity contribution in [3.63, 3.8) is 0 Å². The maximum atomic E-state index is 13.9. The molecule has 3 heteroatoms. The first-order chi connectivity index (χ1) is 9.52. The van der Waals surface area contributed by atoms with E-state index in [1.807, 2.05) is 24.3 Å². The molecule has 0 aromatic heterocycles. The zero-order valence-corrected chi connectivity index (χ0v) is 12.0. The molecule has 0 spiro atoms. The first-order valence-electron chi connectivity index (χ1n) is 6.75. The molecule has 2 aromatic rings. The van der Waals surface area contributed by atoms with Crippen LogP contribution in [0.2, 0.25) is 0 Å². The van der Waals surface area contributed by atoms with Crippen LogP contribution in [0.25, 0.3) is 0 Å². The molecule has 0 amide bonds. The van der Waals surface area contributed by atoms with Crippen LogP contribution in [0.4, 0.5) is 8.78 Å². The van der Waals surface area contributed by atoms with Gasteiger partial charge in [-0.25, -0.2) is 8.78 Å². The summed E-state index contributed by atoms with van der Waals surface area (Å²) in [7, 11) is 1.77. The average Bonchev–Trinajstić information content (AvgIpc) is 2.42. The Morgan fingerprint density at radius 2 is 1.50 bits per heavy atom. The Morgan fingerprint density at radius 3 is 2.00 bits per heavy atom. The Balaban J connectivity index is 2.36. The minimum atomic E-state index is -0.559. The summed E-state index contributed by atoms with van der Waals surface area (Å²) in [5.41, 5.74) is 2.65. The van der Waals surface area contributed by atoms with Gasteiger partial charge in [0.1, 0.15) is 11.6 Å². The SMILES string of the molecule is CNC(c1ccc(C(C)C)cc1)c1ccc(F)cc1F. The number of rotatable bonds is 4. The van der Waals surface area contributed by atoms with Gasteiger partial charge in [0.2, 0.25) is 0 Å². The van der Waals surface area contributed by atoms with Crippen LogP contribution in [0, 0.1) is 11.6 Å². The number of hydrogen-bond donors (Lipinski definition) is 1. The van der Waals surface area contributed by atoms with Crippen molar-refractivity contribution in [1.29, 1.82) is 0 Å². The smallest absolute Gasteiger partial charge is 0.131 e. The normalized spacial score (nSPS) is 12.7. The third kappa shape index (κ3) is 3.05. The number of benzene rings is 2. The predicted octanol–water partition coefficient (Wildman–Crippen LogP) is 4.40. The van der Waals surface area contributed by atoms with E-state index >= 15 is 0 Å². The number of nitrogens with one attached hydrogen (secondary N) is 1. The molecule has 1 unspecified atom stereocenters. The largest absolute Gasteiger partial charge is 0.309 e. The summed E-state index contributed by atoms with van der Waals surface area (Å²) in [5, 5.41) is 3.08. The molecule has 0 heterocycles. The fourth-order valence-electron chi connectivity index (χ4n) is 2.31.